The van der Waals surface area contributed by atoms with Gasteiger partial charge in [0.15, 0.2) is 5.96 Å². The average molecular weight is 391 g/mol. The smallest absolute Gasteiger partial charge is 0.191 e. The molecule has 1 aliphatic heterocycles. The van der Waals surface area contributed by atoms with Crippen LogP contribution in [0.25, 0.3) is 0 Å². The second-order valence-electron chi connectivity index (χ2n) is 8.20. The number of ether oxygens (including phenoxy) is 1. The second kappa shape index (κ2) is 10.5. The highest BCUT2D eigenvalue weighted by molar-refractivity contribution is 7.90. The van der Waals surface area contributed by atoms with Crippen molar-refractivity contribution >= 4 is 15.8 Å². The van der Waals surface area contributed by atoms with Gasteiger partial charge in [0.2, 0.25) is 0 Å². The highest BCUT2D eigenvalue weighted by Gasteiger charge is 2.25. The van der Waals surface area contributed by atoms with Crippen molar-refractivity contribution in [3.63, 3.8) is 0 Å². The third-order valence-corrected chi connectivity index (χ3v) is 5.64. The maximum absolute atomic E-state index is 11.3. The van der Waals surface area contributed by atoms with Gasteiger partial charge in [0.25, 0.3) is 0 Å². The van der Waals surface area contributed by atoms with E-state index in [0.29, 0.717) is 19.1 Å². The van der Waals surface area contributed by atoms with E-state index in [2.05, 4.69) is 43.2 Å². The van der Waals surface area contributed by atoms with Crippen molar-refractivity contribution in [2.24, 2.45) is 10.4 Å². The molecule has 7 nitrogen and oxygen atoms in total. The van der Waals surface area contributed by atoms with E-state index in [0.717, 1.165) is 38.4 Å². The summed E-state index contributed by atoms with van der Waals surface area (Å²) in [5.41, 5.74) is 0.0422. The number of likely N-dealkylation sites (tertiary alicyclic amines) is 1. The number of hydrogen-bond donors (Lipinski definition) is 2. The zero-order valence-corrected chi connectivity index (χ0v) is 18.2. The van der Waals surface area contributed by atoms with Crippen molar-refractivity contribution in [1.82, 2.24) is 15.5 Å². The molecule has 0 aromatic carbocycles. The summed E-state index contributed by atoms with van der Waals surface area (Å²) in [5.74, 6) is 1.06. The Hall–Kier alpha value is -0.860. The van der Waals surface area contributed by atoms with Crippen molar-refractivity contribution in [3.8, 4) is 0 Å². The second-order valence-corrected chi connectivity index (χ2v) is 10.5. The fourth-order valence-corrected chi connectivity index (χ4v) is 3.58. The molecule has 1 fully saturated rings. The van der Waals surface area contributed by atoms with Crippen LogP contribution in [0.3, 0.4) is 0 Å². The molecule has 0 bridgehead atoms. The van der Waals surface area contributed by atoms with Crippen molar-refractivity contribution in [1.29, 1.82) is 0 Å². The molecule has 0 aromatic heterocycles. The van der Waals surface area contributed by atoms with E-state index in [9.17, 15) is 8.42 Å². The summed E-state index contributed by atoms with van der Waals surface area (Å²) in [4.78, 5) is 6.94. The molecule has 1 heterocycles. The van der Waals surface area contributed by atoms with Crippen LogP contribution in [0.4, 0.5) is 0 Å². The van der Waals surface area contributed by atoms with E-state index in [-0.39, 0.29) is 17.3 Å². The highest BCUT2D eigenvalue weighted by atomic mass is 32.2. The van der Waals surface area contributed by atoms with Crippen LogP contribution in [0, 0.1) is 5.41 Å². The van der Waals surface area contributed by atoms with Gasteiger partial charge in [-0.25, -0.2) is 8.42 Å². The molecular weight excluding hydrogens is 352 g/mol. The molecule has 0 aliphatic carbocycles. The molecule has 0 amide bonds. The largest absolute Gasteiger partial charge is 0.379 e. The molecule has 1 unspecified atom stereocenters. The summed E-state index contributed by atoms with van der Waals surface area (Å²) < 4.78 is 28.2. The molecule has 1 atom stereocenters. The number of piperidine rings is 1. The van der Waals surface area contributed by atoms with Gasteiger partial charge in [-0.05, 0) is 25.2 Å². The topological polar surface area (TPSA) is 83.0 Å². The lowest BCUT2D eigenvalue weighted by Crippen LogP contribution is -2.49. The zero-order valence-electron chi connectivity index (χ0n) is 17.3. The fraction of sp³-hybridized carbons (Fsp3) is 0.944. The van der Waals surface area contributed by atoms with Gasteiger partial charge in [-0.1, -0.05) is 20.8 Å². The first-order chi connectivity index (χ1) is 12.0. The molecule has 1 rings (SSSR count). The Morgan fingerprint density at radius 1 is 1.31 bits per heavy atom. The number of aliphatic imine (C=N–C) groups is 1. The van der Waals surface area contributed by atoms with Crippen LogP contribution in [0.1, 0.15) is 40.5 Å². The third kappa shape index (κ3) is 9.19. The Bertz CT molecular complexity index is 535. The number of sulfone groups is 1. The van der Waals surface area contributed by atoms with Gasteiger partial charge in [0, 0.05) is 45.6 Å². The van der Waals surface area contributed by atoms with E-state index in [4.69, 9.17) is 9.73 Å². The van der Waals surface area contributed by atoms with Gasteiger partial charge in [-0.15, -0.1) is 0 Å². The summed E-state index contributed by atoms with van der Waals surface area (Å²) in [6, 6.07) is 0.359. The third-order valence-electron chi connectivity index (χ3n) is 4.72. The number of nitrogens with zero attached hydrogens (tertiary/aromatic N) is 2. The van der Waals surface area contributed by atoms with Crippen molar-refractivity contribution in [2.45, 2.75) is 52.7 Å². The Labute approximate surface area is 159 Å². The summed E-state index contributed by atoms with van der Waals surface area (Å²) in [7, 11) is -1.16. The summed E-state index contributed by atoms with van der Waals surface area (Å²) in [5, 5.41) is 6.83. The minimum Gasteiger partial charge on any atom is -0.379 e. The van der Waals surface area contributed by atoms with Gasteiger partial charge in [0.1, 0.15) is 9.84 Å². The van der Waals surface area contributed by atoms with Gasteiger partial charge >= 0.3 is 0 Å². The lowest BCUT2D eigenvalue weighted by molar-refractivity contribution is 0.0241. The Morgan fingerprint density at radius 2 is 1.92 bits per heavy atom. The lowest BCUT2D eigenvalue weighted by atomic mass is 9.89. The standard InChI is InChI=1S/C18H38N4O3S/c1-7-19-17(20-14-16(25-5)18(2,3)4)21-15-8-10-22(11-9-15)12-13-26(6,23)24/h15-16H,7-14H2,1-6H3,(H2,19,20,21). The molecule has 2 N–H and O–H groups in total. The summed E-state index contributed by atoms with van der Waals surface area (Å²) in [6.07, 6.45) is 3.34. The molecule has 1 saturated heterocycles. The average Bonchev–Trinajstić information content (AvgIpc) is 2.53. The maximum atomic E-state index is 11.3. The normalized spacial score (nSPS) is 19.4. The van der Waals surface area contributed by atoms with Crippen molar-refractivity contribution < 1.29 is 13.2 Å². The van der Waals surface area contributed by atoms with E-state index < -0.39 is 9.84 Å². The highest BCUT2D eigenvalue weighted by Crippen LogP contribution is 2.21. The monoisotopic (exact) mass is 390 g/mol. The maximum Gasteiger partial charge on any atom is 0.191 e. The van der Waals surface area contributed by atoms with Gasteiger partial charge < -0.3 is 20.3 Å². The van der Waals surface area contributed by atoms with Crippen LogP contribution in [0.5, 0.6) is 0 Å². The molecule has 0 radical (unpaired) electrons. The van der Waals surface area contributed by atoms with Crippen molar-refractivity contribution in [2.75, 3.05) is 51.8 Å². The van der Waals surface area contributed by atoms with Crippen LogP contribution >= 0.6 is 0 Å². The van der Waals surface area contributed by atoms with Gasteiger partial charge in [-0.3, -0.25) is 4.99 Å². The number of nitrogens with one attached hydrogen (secondary N) is 2. The SMILES string of the molecule is CCNC(=NCC(OC)C(C)(C)C)NC1CCN(CCS(C)(=O)=O)CC1. The van der Waals surface area contributed by atoms with Gasteiger partial charge in [-0.2, -0.15) is 0 Å². The Balaban J connectivity index is 2.52. The first-order valence-corrected chi connectivity index (χ1v) is 11.6. The Kier molecular flexibility index (Phi) is 9.33. The Morgan fingerprint density at radius 3 is 2.38 bits per heavy atom. The number of guanidine groups is 1. The van der Waals surface area contributed by atoms with Crippen LogP contribution < -0.4 is 10.6 Å². The first kappa shape index (κ1) is 23.2. The molecular formula is C18H38N4O3S. The summed E-state index contributed by atoms with van der Waals surface area (Å²) in [6.45, 7) is 12.4. The van der Waals surface area contributed by atoms with Crippen LogP contribution in [-0.2, 0) is 14.6 Å². The van der Waals surface area contributed by atoms with Crippen LogP contribution in [0.2, 0.25) is 0 Å². The fourth-order valence-electron chi connectivity index (χ4n) is 2.99. The predicted molar refractivity (Wildman–Crippen MR) is 109 cm³/mol. The van der Waals surface area contributed by atoms with E-state index in [1.54, 1.807) is 7.11 Å². The number of methoxy groups -OCH3 is 1. The molecule has 8 heteroatoms. The molecule has 1 aliphatic rings. The molecule has 0 aromatic rings. The van der Waals surface area contributed by atoms with E-state index >= 15 is 0 Å². The lowest BCUT2D eigenvalue weighted by Gasteiger charge is -2.33. The van der Waals surface area contributed by atoms with E-state index in [1.807, 2.05) is 0 Å². The van der Waals surface area contributed by atoms with Crippen LogP contribution in [0.15, 0.2) is 4.99 Å². The van der Waals surface area contributed by atoms with Crippen molar-refractivity contribution in [3.05, 3.63) is 0 Å². The zero-order chi connectivity index (χ0) is 19.8. The van der Waals surface area contributed by atoms with Crippen LogP contribution in [-0.4, -0.2) is 83.3 Å². The number of rotatable bonds is 8. The minimum atomic E-state index is -2.89. The number of hydrogen-bond acceptors (Lipinski definition) is 5. The van der Waals surface area contributed by atoms with E-state index in [1.165, 1.54) is 6.26 Å². The minimum absolute atomic E-state index is 0.0422. The molecule has 154 valence electrons. The first-order valence-electron chi connectivity index (χ1n) is 9.53. The van der Waals surface area contributed by atoms with Gasteiger partial charge in [0.05, 0.1) is 18.4 Å². The predicted octanol–water partition coefficient (Wildman–Crippen LogP) is 1.11. The molecule has 0 saturated carbocycles. The summed E-state index contributed by atoms with van der Waals surface area (Å²) >= 11 is 0. The quantitative estimate of drug-likeness (QED) is 0.477. The molecule has 0 spiro atoms. The molecule has 26 heavy (non-hydrogen) atoms.